The lowest BCUT2D eigenvalue weighted by atomic mass is 10.3. The molecule has 62 valence electrons. The first-order valence-corrected chi connectivity index (χ1v) is 3.30. The topological polar surface area (TPSA) is 45.8 Å². The molecular weight excluding hydrogens is 159 g/mol. The highest BCUT2D eigenvalue weighted by Crippen LogP contribution is 2.02. The number of nitrogens with zero attached hydrogens (tertiary/aromatic N) is 1. The summed E-state index contributed by atoms with van der Waals surface area (Å²) in [4.78, 5) is 17.4. The van der Waals surface area contributed by atoms with Crippen molar-refractivity contribution in [3.05, 3.63) is 40.8 Å². The zero-order valence-corrected chi connectivity index (χ0v) is 6.15. The summed E-state index contributed by atoms with van der Waals surface area (Å²) in [6.07, 6.45) is 1.65. The Labute approximate surface area is 67.4 Å². The molecule has 0 aliphatic heterocycles. The number of hydrogen-bond donors (Lipinski definition) is 1. The summed E-state index contributed by atoms with van der Waals surface area (Å²) in [5.74, 6) is 0. The summed E-state index contributed by atoms with van der Waals surface area (Å²) >= 11 is 0. The number of aromatic amines is 1. The van der Waals surface area contributed by atoms with Crippen LogP contribution in [0.5, 0.6) is 0 Å². The molecule has 2 heterocycles. The van der Waals surface area contributed by atoms with Gasteiger partial charge in [0.05, 0.1) is 0 Å². The Hall–Kier alpha value is -1.71. The van der Waals surface area contributed by atoms with Crippen LogP contribution in [-0.4, -0.2) is 9.97 Å². The van der Waals surface area contributed by atoms with Gasteiger partial charge in [0.15, 0.2) is 0 Å². The third-order valence-electron chi connectivity index (χ3n) is 1.49. The summed E-state index contributed by atoms with van der Waals surface area (Å²) in [7, 11) is 0. The molecule has 2 aromatic heterocycles. The van der Waals surface area contributed by atoms with Gasteiger partial charge in [-0.1, -0.05) is 0 Å². The number of H-pyrrole nitrogens is 1. The van der Waals surface area contributed by atoms with Crippen LogP contribution >= 0.6 is 0 Å². The van der Waals surface area contributed by atoms with Crippen molar-refractivity contribution < 1.29 is 4.70 Å². The molecule has 0 saturated carbocycles. The van der Waals surface area contributed by atoms with Crippen LogP contribution in [0, 0.1) is 0 Å². The summed E-state index contributed by atoms with van der Waals surface area (Å²) in [5, 5.41) is 0.951. The molecule has 0 unspecified atom stereocenters. The zero-order chi connectivity index (χ0) is 7.68. The molecule has 0 atom stereocenters. The molecular formula is C8H7FN2O. The predicted octanol–water partition coefficient (Wildman–Crippen LogP) is 1.08. The van der Waals surface area contributed by atoms with Gasteiger partial charge < -0.3 is 4.98 Å². The van der Waals surface area contributed by atoms with E-state index in [9.17, 15) is 4.79 Å². The molecule has 0 bridgehead atoms. The van der Waals surface area contributed by atoms with Gasteiger partial charge in [-0.25, -0.2) is 4.98 Å². The van der Waals surface area contributed by atoms with Crippen molar-refractivity contribution in [2.45, 2.75) is 0 Å². The van der Waals surface area contributed by atoms with Gasteiger partial charge in [-0.05, 0) is 18.2 Å². The summed E-state index contributed by atoms with van der Waals surface area (Å²) in [6, 6.07) is 6.98. The van der Waals surface area contributed by atoms with E-state index in [1.807, 2.05) is 12.1 Å². The Balaban J connectivity index is 0.000000720. The maximum Gasteiger partial charge on any atom is 0.249 e. The normalized spacial score (nSPS) is 9.33. The van der Waals surface area contributed by atoms with Gasteiger partial charge in [-0.15, -0.1) is 0 Å². The summed E-state index contributed by atoms with van der Waals surface area (Å²) in [5.41, 5.74) is 0.524. The van der Waals surface area contributed by atoms with E-state index in [-0.39, 0.29) is 10.3 Å². The molecule has 1 N–H and O–H groups in total. The SMILES string of the molecule is F.O=c1ccc2cccnc2[nH]1. The number of rotatable bonds is 0. The number of hydrogen-bond acceptors (Lipinski definition) is 2. The van der Waals surface area contributed by atoms with E-state index in [0.717, 1.165) is 5.39 Å². The molecule has 2 aromatic rings. The van der Waals surface area contributed by atoms with Crippen molar-refractivity contribution in [1.29, 1.82) is 0 Å². The fraction of sp³-hybridized carbons (Fsp3) is 0. The largest absolute Gasteiger partial charge is 0.307 e. The van der Waals surface area contributed by atoms with Crippen LogP contribution < -0.4 is 5.56 Å². The van der Waals surface area contributed by atoms with Crippen molar-refractivity contribution in [1.82, 2.24) is 9.97 Å². The molecule has 2 rings (SSSR count). The third kappa shape index (κ3) is 1.32. The van der Waals surface area contributed by atoms with E-state index in [1.165, 1.54) is 6.07 Å². The second-order valence-corrected chi connectivity index (χ2v) is 2.26. The van der Waals surface area contributed by atoms with Gasteiger partial charge in [0, 0.05) is 17.6 Å². The van der Waals surface area contributed by atoms with Crippen LogP contribution in [0.4, 0.5) is 4.70 Å². The lowest BCUT2D eigenvalue weighted by Crippen LogP contribution is -2.02. The predicted molar refractivity (Wildman–Crippen MR) is 44.9 cm³/mol. The molecule has 0 aromatic carbocycles. The van der Waals surface area contributed by atoms with Gasteiger partial charge >= 0.3 is 0 Å². The molecule has 0 saturated heterocycles. The minimum Gasteiger partial charge on any atom is -0.307 e. The molecule has 12 heavy (non-hydrogen) atoms. The zero-order valence-electron chi connectivity index (χ0n) is 6.15. The van der Waals surface area contributed by atoms with Crippen molar-refractivity contribution in [3.8, 4) is 0 Å². The third-order valence-corrected chi connectivity index (χ3v) is 1.49. The highest BCUT2D eigenvalue weighted by Gasteiger charge is 1.90. The molecule has 4 heteroatoms. The maximum atomic E-state index is 10.8. The molecule has 0 fully saturated rings. The Morgan fingerprint density at radius 1 is 1.25 bits per heavy atom. The van der Waals surface area contributed by atoms with Crippen LogP contribution in [0.1, 0.15) is 0 Å². The lowest BCUT2D eigenvalue weighted by Gasteiger charge is -1.92. The van der Waals surface area contributed by atoms with E-state index in [4.69, 9.17) is 0 Å². The summed E-state index contributed by atoms with van der Waals surface area (Å²) < 4.78 is 0. The minimum atomic E-state index is -0.115. The lowest BCUT2D eigenvalue weighted by molar-refractivity contribution is 1.11. The highest BCUT2D eigenvalue weighted by atomic mass is 19.0. The molecule has 0 aliphatic rings. The van der Waals surface area contributed by atoms with Crippen LogP contribution in [0.25, 0.3) is 11.0 Å². The van der Waals surface area contributed by atoms with Crippen molar-refractivity contribution in [2.75, 3.05) is 0 Å². The highest BCUT2D eigenvalue weighted by molar-refractivity contribution is 5.73. The average Bonchev–Trinajstić information content (AvgIpc) is 2.04. The molecule has 0 amide bonds. The van der Waals surface area contributed by atoms with E-state index in [0.29, 0.717) is 5.65 Å². The Morgan fingerprint density at radius 2 is 2.08 bits per heavy atom. The second kappa shape index (κ2) is 3.13. The van der Waals surface area contributed by atoms with Crippen molar-refractivity contribution >= 4 is 11.0 Å². The molecule has 0 spiro atoms. The first-order valence-electron chi connectivity index (χ1n) is 3.30. The number of aromatic nitrogens is 2. The van der Waals surface area contributed by atoms with E-state index in [2.05, 4.69) is 9.97 Å². The number of pyridine rings is 2. The van der Waals surface area contributed by atoms with Gasteiger partial charge in [0.25, 0.3) is 0 Å². The average molecular weight is 166 g/mol. The minimum absolute atomic E-state index is 0. The van der Waals surface area contributed by atoms with Gasteiger partial charge in [0.2, 0.25) is 5.56 Å². The van der Waals surface area contributed by atoms with E-state index < -0.39 is 0 Å². The fourth-order valence-electron chi connectivity index (χ4n) is 0.981. The van der Waals surface area contributed by atoms with E-state index in [1.54, 1.807) is 12.3 Å². The van der Waals surface area contributed by atoms with E-state index >= 15 is 0 Å². The summed E-state index contributed by atoms with van der Waals surface area (Å²) in [6.45, 7) is 0. The van der Waals surface area contributed by atoms with Gasteiger partial charge in [0.1, 0.15) is 5.65 Å². The van der Waals surface area contributed by atoms with Crippen molar-refractivity contribution in [2.24, 2.45) is 0 Å². The Kier molecular flexibility index (Phi) is 2.19. The fourth-order valence-corrected chi connectivity index (χ4v) is 0.981. The van der Waals surface area contributed by atoms with Crippen LogP contribution in [0.2, 0.25) is 0 Å². The second-order valence-electron chi connectivity index (χ2n) is 2.26. The molecule has 3 nitrogen and oxygen atoms in total. The number of fused-ring (bicyclic) bond motifs is 1. The Morgan fingerprint density at radius 3 is 2.92 bits per heavy atom. The van der Waals surface area contributed by atoms with Crippen LogP contribution in [0.3, 0.4) is 0 Å². The molecule has 0 radical (unpaired) electrons. The standard InChI is InChI=1S/C8H6N2O.FH/c11-7-4-3-6-2-1-5-9-8(6)10-7;/h1-5H,(H,9,10,11);1H. The van der Waals surface area contributed by atoms with Crippen LogP contribution in [0.15, 0.2) is 35.3 Å². The Bertz CT molecular complexity index is 438. The van der Waals surface area contributed by atoms with Gasteiger partial charge in [-0.2, -0.15) is 0 Å². The molecule has 0 aliphatic carbocycles. The maximum absolute atomic E-state index is 10.8. The smallest absolute Gasteiger partial charge is 0.249 e. The van der Waals surface area contributed by atoms with Crippen LogP contribution in [-0.2, 0) is 0 Å². The first-order chi connectivity index (χ1) is 5.36. The number of halogens is 1. The number of nitrogens with one attached hydrogen (secondary N) is 1. The van der Waals surface area contributed by atoms with Gasteiger partial charge in [-0.3, -0.25) is 9.50 Å². The monoisotopic (exact) mass is 166 g/mol. The first kappa shape index (κ1) is 8.39. The quantitative estimate of drug-likeness (QED) is 0.636. The van der Waals surface area contributed by atoms with Crippen molar-refractivity contribution in [3.63, 3.8) is 0 Å².